The smallest absolute Gasteiger partial charge is 0.314 e. The minimum absolute atomic E-state index is 0.0404. The first kappa shape index (κ1) is 35.5. The maximum Gasteiger partial charge on any atom is 0.314 e. The molecule has 0 fully saturated rings. The number of fused-ring (bicyclic) bond motifs is 17. The molecule has 12 nitrogen and oxygen atoms in total. The first-order valence-corrected chi connectivity index (χ1v) is 15.8. The largest absolute Gasteiger partial charge is 0.484 e. The summed E-state index contributed by atoms with van der Waals surface area (Å²) in [6.07, 6.45) is 2.12. The van der Waals surface area contributed by atoms with E-state index in [1.165, 1.54) is 0 Å². The zero-order valence-corrected chi connectivity index (χ0v) is 27.4. The predicted molar refractivity (Wildman–Crippen MR) is 169 cm³/mol. The molecule has 4 rings (SSSR count). The molecule has 3 heterocycles. The van der Waals surface area contributed by atoms with Gasteiger partial charge in [0.15, 0.2) is 6.61 Å². The summed E-state index contributed by atoms with van der Waals surface area (Å²) < 4.78 is 18.3. The van der Waals surface area contributed by atoms with Gasteiger partial charge in [0.2, 0.25) is 11.8 Å². The Morgan fingerprint density at radius 1 is 1.04 bits per heavy atom. The highest BCUT2D eigenvalue weighted by molar-refractivity contribution is 5.81. The van der Waals surface area contributed by atoms with Crippen LogP contribution in [0.25, 0.3) is 0 Å². The Morgan fingerprint density at radius 2 is 1.78 bits per heavy atom. The van der Waals surface area contributed by atoms with Gasteiger partial charge in [-0.25, -0.2) is 0 Å². The number of hydrogen-bond donors (Lipinski definition) is 2. The standard InChI is InChI=1S/C33H49N5O7/c1-6-44-32(42)33(15-20-43-5)21-27-10-12-28(13-11-27)45-22-30(40)34-16-8-18-37(17-7-9-29(39)35-23-33)31(41)14-19-38-26(4)24(2)25(3)36-38/h10-13H,6-9,14-23H2,1-5H3,(H,34,40)(H,35,39). The Balaban J connectivity index is 1.76. The topological polar surface area (TPSA) is 141 Å². The van der Waals surface area contributed by atoms with Crippen LogP contribution in [0.4, 0.5) is 0 Å². The molecule has 1 aromatic heterocycles. The minimum Gasteiger partial charge on any atom is -0.484 e. The second kappa shape index (κ2) is 17.5. The number of nitrogens with zero attached hydrogens (tertiary/aromatic N) is 3. The zero-order chi connectivity index (χ0) is 32.8. The van der Waals surface area contributed by atoms with E-state index in [-0.39, 0.29) is 50.3 Å². The SMILES string of the molecule is CCOC(=O)C1(CCOC)CNC(=O)CCCN(C(=O)CCn2nc(C)c(C)c2C)CCCNC(=O)COc2ccc(cc2)C1. The van der Waals surface area contributed by atoms with Crippen molar-refractivity contribution in [1.29, 1.82) is 0 Å². The fraction of sp³-hybridized carbons (Fsp3) is 0.606. The quantitative estimate of drug-likeness (QED) is 0.426. The summed E-state index contributed by atoms with van der Waals surface area (Å²) in [5, 5.41) is 10.4. The lowest BCUT2D eigenvalue weighted by atomic mass is 9.78. The summed E-state index contributed by atoms with van der Waals surface area (Å²) in [7, 11) is 1.57. The number of hydrogen-bond acceptors (Lipinski definition) is 8. The molecule has 248 valence electrons. The van der Waals surface area contributed by atoms with Gasteiger partial charge in [-0.3, -0.25) is 23.9 Å². The van der Waals surface area contributed by atoms with Crippen LogP contribution < -0.4 is 15.4 Å². The number of nitrogens with one attached hydrogen (secondary N) is 2. The van der Waals surface area contributed by atoms with Gasteiger partial charge in [-0.1, -0.05) is 12.1 Å². The first-order valence-electron chi connectivity index (χ1n) is 15.8. The van der Waals surface area contributed by atoms with Gasteiger partial charge < -0.3 is 29.7 Å². The molecular weight excluding hydrogens is 578 g/mol. The third kappa shape index (κ3) is 10.6. The highest BCUT2D eigenvalue weighted by Crippen LogP contribution is 2.30. The zero-order valence-electron chi connectivity index (χ0n) is 27.4. The van der Waals surface area contributed by atoms with E-state index in [2.05, 4.69) is 15.7 Å². The molecule has 2 aromatic rings. The number of carbonyl (C=O) groups is 4. The number of esters is 1. The third-order valence-corrected chi connectivity index (χ3v) is 8.35. The number of benzene rings is 1. The van der Waals surface area contributed by atoms with Crippen LogP contribution in [0.5, 0.6) is 5.75 Å². The lowest BCUT2D eigenvalue weighted by molar-refractivity contribution is -0.156. The summed E-state index contributed by atoms with van der Waals surface area (Å²) in [6.45, 7) is 9.83. The highest BCUT2D eigenvalue weighted by Gasteiger charge is 2.40. The number of aryl methyl sites for hydroxylation is 2. The average molecular weight is 628 g/mol. The van der Waals surface area contributed by atoms with E-state index >= 15 is 0 Å². The molecule has 0 saturated heterocycles. The van der Waals surface area contributed by atoms with Crippen molar-refractivity contribution in [2.24, 2.45) is 5.41 Å². The molecule has 45 heavy (non-hydrogen) atoms. The lowest BCUT2D eigenvalue weighted by Gasteiger charge is -2.32. The summed E-state index contributed by atoms with van der Waals surface area (Å²) in [5.41, 5.74) is 2.90. The van der Waals surface area contributed by atoms with Gasteiger partial charge in [-0.2, -0.15) is 5.10 Å². The maximum absolute atomic E-state index is 13.3. The van der Waals surface area contributed by atoms with E-state index in [4.69, 9.17) is 14.2 Å². The Kier molecular flexibility index (Phi) is 13.8. The Hall–Kier alpha value is -3.93. The van der Waals surface area contributed by atoms with Crippen molar-refractivity contribution in [2.45, 2.75) is 72.8 Å². The number of carbonyl (C=O) groups excluding carboxylic acids is 4. The van der Waals surface area contributed by atoms with Crippen molar-refractivity contribution in [2.75, 3.05) is 53.1 Å². The molecule has 2 aliphatic rings. The van der Waals surface area contributed by atoms with Crippen LogP contribution in [0.3, 0.4) is 0 Å². The summed E-state index contributed by atoms with van der Waals surface area (Å²) in [4.78, 5) is 53.9. The predicted octanol–water partition coefficient (Wildman–Crippen LogP) is 2.65. The molecule has 1 aromatic carbocycles. The van der Waals surface area contributed by atoms with Crippen LogP contribution in [0.2, 0.25) is 0 Å². The van der Waals surface area contributed by atoms with Gasteiger partial charge in [0.25, 0.3) is 5.91 Å². The van der Waals surface area contributed by atoms with Gasteiger partial charge >= 0.3 is 5.97 Å². The molecule has 1 atom stereocenters. The number of aromatic nitrogens is 2. The molecule has 0 saturated carbocycles. The van der Waals surface area contributed by atoms with Crippen LogP contribution in [0.1, 0.15) is 61.5 Å². The Bertz CT molecular complexity index is 1290. The van der Waals surface area contributed by atoms with Gasteiger partial charge in [-0.15, -0.1) is 0 Å². The van der Waals surface area contributed by atoms with Crippen LogP contribution in [0.15, 0.2) is 24.3 Å². The van der Waals surface area contributed by atoms with Crippen LogP contribution in [-0.2, 0) is 41.6 Å². The number of amides is 3. The maximum atomic E-state index is 13.3. The monoisotopic (exact) mass is 627 g/mol. The molecule has 0 spiro atoms. The first-order chi connectivity index (χ1) is 21.6. The van der Waals surface area contributed by atoms with Crippen molar-refractivity contribution in [3.8, 4) is 5.75 Å². The average Bonchev–Trinajstić information content (AvgIpc) is 3.27. The van der Waals surface area contributed by atoms with Gasteiger partial charge in [0.1, 0.15) is 5.75 Å². The van der Waals surface area contributed by atoms with Crippen molar-refractivity contribution in [3.05, 3.63) is 46.8 Å². The molecule has 3 amide bonds. The summed E-state index contributed by atoms with van der Waals surface area (Å²) in [6, 6.07) is 7.19. The lowest BCUT2D eigenvalue weighted by Crippen LogP contribution is -2.46. The minimum atomic E-state index is -1.05. The second-order valence-electron chi connectivity index (χ2n) is 11.6. The number of ether oxygens (including phenoxy) is 3. The summed E-state index contributed by atoms with van der Waals surface area (Å²) in [5.74, 6) is -0.400. The molecule has 12 heteroatoms. The second-order valence-corrected chi connectivity index (χ2v) is 11.6. The van der Waals surface area contributed by atoms with Crippen molar-refractivity contribution in [3.63, 3.8) is 0 Å². The number of rotatable bonds is 8. The van der Waals surface area contributed by atoms with E-state index in [0.717, 1.165) is 22.5 Å². The molecule has 2 N–H and O–H groups in total. The van der Waals surface area contributed by atoms with Crippen molar-refractivity contribution < 1.29 is 33.4 Å². The van der Waals surface area contributed by atoms with Gasteiger partial charge in [0.05, 0.1) is 17.7 Å². The summed E-state index contributed by atoms with van der Waals surface area (Å²) >= 11 is 0. The molecule has 0 aliphatic carbocycles. The van der Waals surface area contributed by atoms with Gasteiger partial charge in [-0.05, 0) is 76.6 Å². The van der Waals surface area contributed by atoms with E-state index in [9.17, 15) is 19.2 Å². The van der Waals surface area contributed by atoms with Crippen molar-refractivity contribution in [1.82, 2.24) is 25.3 Å². The van der Waals surface area contributed by atoms with E-state index in [0.29, 0.717) is 64.2 Å². The Morgan fingerprint density at radius 3 is 2.44 bits per heavy atom. The molecule has 0 radical (unpaired) electrons. The van der Waals surface area contributed by atoms with Gasteiger partial charge in [0, 0.05) is 65.0 Å². The van der Waals surface area contributed by atoms with Crippen LogP contribution in [0, 0.1) is 26.2 Å². The van der Waals surface area contributed by atoms with Crippen LogP contribution in [-0.4, -0.2) is 91.5 Å². The van der Waals surface area contributed by atoms with Crippen LogP contribution >= 0.6 is 0 Å². The molecule has 2 bridgehead atoms. The fourth-order valence-electron chi connectivity index (χ4n) is 5.37. The highest BCUT2D eigenvalue weighted by atomic mass is 16.5. The number of methoxy groups -OCH3 is 1. The van der Waals surface area contributed by atoms with E-state index < -0.39 is 11.4 Å². The molecule has 1 unspecified atom stereocenters. The molecule has 2 aliphatic heterocycles. The van der Waals surface area contributed by atoms with E-state index in [1.807, 2.05) is 37.6 Å². The molecular formula is C33H49N5O7. The normalized spacial score (nSPS) is 18.9. The third-order valence-electron chi connectivity index (χ3n) is 8.35. The Labute approximate surface area is 266 Å². The fourth-order valence-corrected chi connectivity index (χ4v) is 5.37. The van der Waals surface area contributed by atoms with Crippen molar-refractivity contribution >= 4 is 23.7 Å². The van der Waals surface area contributed by atoms with E-state index in [1.54, 1.807) is 31.1 Å².